The maximum absolute atomic E-state index is 4.68. The first-order chi connectivity index (χ1) is 7.83. The van der Waals surface area contributed by atoms with Gasteiger partial charge in [0.05, 0.1) is 11.4 Å². The van der Waals surface area contributed by atoms with E-state index >= 15 is 0 Å². The molecule has 3 rings (SSSR count). The van der Waals surface area contributed by atoms with Gasteiger partial charge >= 0.3 is 0 Å². The molecule has 0 radical (unpaired) electrons. The Morgan fingerprint density at radius 3 is 2.62 bits per heavy atom. The molecule has 16 heavy (non-hydrogen) atoms. The van der Waals surface area contributed by atoms with E-state index in [0.29, 0.717) is 0 Å². The van der Waals surface area contributed by atoms with Gasteiger partial charge in [-0.25, -0.2) is 0 Å². The second kappa shape index (κ2) is 3.60. The van der Waals surface area contributed by atoms with Gasteiger partial charge in [0.1, 0.15) is 0 Å². The first-order valence-electron chi connectivity index (χ1n) is 5.55. The van der Waals surface area contributed by atoms with Gasteiger partial charge in [-0.2, -0.15) is 0 Å². The van der Waals surface area contributed by atoms with Crippen LogP contribution in [0.3, 0.4) is 0 Å². The van der Waals surface area contributed by atoms with Crippen molar-refractivity contribution in [3.63, 3.8) is 0 Å². The van der Waals surface area contributed by atoms with Crippen LogP contribution < -0.4 is 0 Å². The fourth-order valence-corrected chi connectivity index (χ4v) is 2.13. The highest BCUT2D eigenvalue weighted by Crippen LogP contribution is 2.29. The fourth-order valence-electron chi connectivity index (χ4n) is 2.13. The minimum atomic E-state index is 0.959. The molecule has 0 bridgehead atoms. The Bertz CT molecular complexity index is 553. The number of hydrogen-bond donors (Lipinski definition) is 0. The quantitative estimate of drug-likeness (QED) is 0.676. The molecule has 0 fully saturated rings. The maximum Gasteiger partial charge on any atom is 0.0669 e. The Morgan fingerprint density at radius 1 is 1.00 bits per heavy atom. The summed E-state index contributed by atoms with van der Waals surface area (Å²) in [7, 11) is 0. The van der Waals surface area contributed by atoms with E-state index in [1.54, 1.807) is 0 Å². The average Bonchev–Trinajstić information content (AvgIpc) is 2.73. The number of nitrogens with zero attached hydrogens (tertiary/aromatic N) is 1. The van der Waals surface area contributed by atoms with Crippen LogP contribution in [0.1, 0.15) is 16.7 Å². The van der Waals surface area contributed by atoms with Gasteiger partial charge in [0, 0.05) is 6.42 Å². The minimum Gasteiger partial charge on any atom is -0.252 e. The zero-order valence-electron chi connectivity index (χ0n) is 9.27. The van der Waals surface area contributed by atoms with E-state index in [-0.39, 0.29) is 0 Å². The van der Waals surface area contributed by atoms with Crippen LogP contribution in [0.15, 0.2) is 53.5 Å². The van der Waals surface area contributed by atoms with Crippen LogP contribution >= 0.6 is 0 Å². The predicted octanol–water partition coefficient (Wildman–Crippen LogP) is 3.67. The number of fused-ring (bicyclic) bond motifs is 1. The summed E-state index contributed by atoms with van der Waals surface area (Å²) >= 11 is 0. The summed E-state index contributed by atoms with van der Waals surface area (Å²) in [6, 6.07) is 16.9. The molecule has 0 amide bonds. The number of hydrogen-bond acceptors (Lipinski definition) is 1. The van der Waals surface area contributed by atoms with Crippen molar-refractivity contribution in [3.05, 3.63) is 65.2 Å². The maximum atomic E-state index is 4.68. The highest BCUT2D eigenvalue weighted by molar-refractivity contribution is 6.06. The van der Waals surface area contributed by atoms with E-state index in [4.69, 9.17) is 0 Å². The lowest BCUT2D eigenvalue weighted by atomic mass is 10.0. The molecule has 2 aromatic rings. The molecule has 1 aliphatic heterocycles. The Balaban J connectivity index is 2.00. The molecule has 1 heteroatoms. The Morgan fingerprint density at radius 2 is 1.81 bits per heavy atom. The first-order valence-corrected chi connectivity index (χ1v) is 5.55. The Kier molecular flexibility index (Phi) is 2.10. The lowest BCUT2D eigenvalue weighted by molar-refractivity contribution is 1.34. The van der Waals surface area contributed by atoms with Crippen LogP contribution in [0.4, 0.5) is 5.69 Å². The van der Waals surface area contributed by atoms with Crippen LogP contribution in [-0.4, -0.2) is 5.71 Å². The zero-order chi connectivity index (χ0) is 11.0. The second-order valence-corrected chi connectivity index (χ2v) is 4.23. The van der Waals surface area contributed by atoms with Gasteiger partial charge in [0.15, 0.2) is 0 Å². The van der Waals surface area contributed by atoms with Crippen LogP contribution in [0.5, 0.6) is 0 Å². The predicted molar refractivity (Wildman–Crippen MR) is 67.5 cm³/mol. The van der Waals surface area contributed by atoms with Crippen LogP contribution in [0, 0.1) is 6.92 Å². The number of aliphatic imine (C=N–C) groups is 1. The van der Waals surface area contributed by atoms with Gasteiger partial charge in [-0.3, -0.25) is 4.99 Å². The molecular weight excluding hydrogens is 194 g/mol. The minimum absolute atomic E-state index is 0.959. The fraction of sp³-hybridized carbons (Fsp3) is 0.133. The molecule has 0 N–H and O–H groups in total. The summed E-state index contributed by atoms with van der Waals surface area (Å²) in [5.74, 6) is 0. The van der Waals surface area contributed by atoms with Crippen molar-refractivity contribution in [1.82, 2.24) is 0 Å². The third kappa shape index (κ3) is 1.54. The van der Waals surface area contributed by atoms with E-state index in [0.717, 1.165) is 12.1 Å². The summed E-state index contributed by atoms with van der Waals surface area (Å²) in [6.07, 6.45) is 0.959. The van der Waals surface area contributed by atoms with E-state index in [9.17, 15) is 0 Å². The van der Waals surface area contributed by atoms with E-state index in [2.05, 4.69) is 54.4 Å². The summed E-state index contributed by atoms with van der Waals surface area (Å²) in [5, 5.41) is 0. The van der Waals surface area contributed by atoms with Crippen molar-refractivity contribution in [2.45, 2.75) is 13.3 Å². The molecule has 1 nitrogen and oxygen atoms in total. The molecule has 0 spiro atoms. The third-order valence-corrected chi connectivity index (χ3v) is 2.96. The number of benzene rings is 2. The normalized spacial score (nSPS) is 13.4. The summed E-state index contributed by atoms with van der Waals surface area (Å²) < 4.78 is 0. The van der Waals surface area contributed by atoms with Crippen LogP contribution in [-0.2, 0) is 6.42 Å². The van der Waals surface area contributed by atoms with Crippen molar-refractivity contribution in [1.29, 1.82) is 0 Å². The van der Waals surface area contributed by atoms with E-state index in [1.165, 1.54) is 22.4 Å². The molecule has 0 unspecified atom stereocenters. The van der Waals surface area contributed by atoms with Gasteiger partial charge in [-0.15, -0.1) is 0 Å². The lowest BCUT2D eigenvalue weighted by Gasteiger charge is -1.99. The highest BCUT2D eigenvalue weighted by atomic mass is 14.8. The zero-order valence-corrected chi connectivity index (χ0v) is 9.27. The second-order valence-electron chi connectivity index (χ2n) is 4.23. The van der Waals surface area contributed by atoms with Gasteiger partial charge in [-0.05, 0) is 24.1 Å². The van der Waals surface area contributed by atoms with Crippen LogP contribution in [0.25, 0.3) is 0 Å². The molecule has 0 aromatic heterocycles. The monoisotopic (exact) mass is 207 g/mol. The van der Waals surface area contributed by atoms with Crippen molar-refractivity contribution in [3.8, 4) is 0 Å². The van der Waals surface area contributed by atoms with Crippen molar-refractivity contribution in [2.75, 3.05) is 0 Å². The molecule has 1 aliphatic rings. The molecule has 2 aromatic carbocycles. The molecule has 0 aliphatic carbocycles. The number of aryl methyl sites for hydroxylation is 1. The van der Waals surface area contributed by atoms with Gasteiger partial charge in [0.25, 0.3) is 0 Å². The number of rotatable bonds is 1. The molecule has 0 saturated heterocycles. The highest BCUT2D eigenvalue weighted by Gasteiger charge is 2.15. The first kappa shape index (κ1) is 9.34. The van der Waals surface area contributed by atoms with Crippen molar-refractivity contribution < 1.29 is 0 Å². The SMILES string of the molecule is Cc1ccc2c(c1)CC(c1ccccc1)=N2. The lowest BCUT2D eigenvalue weighted by Crippen LogP contribution is -1.99. The standard InChI is InChI=1S/C15H13N/c1-11-7-8-14-13(9-11)10-15(16-14)12-5-3-2-4-6-12/h2-9H,10H2,1H3. The summed E-state index contributed by atoms with van der Waals surface area (Å²) in [6.45, 7) is 2.13. The van der Waals surface area contributed by atoms with Crippen LogP contribution in [0.2, 0.25) is 0 Å². The summed E-state index contributed by atoms with van der Waals surface area (Å²) in [5.41, 5.74) is 6.20. The average molecular weight is 207 g/mol. The van der Waals surface area contributed by atoms with Crippen molar-refractivity contribution in [2.24, 2.45) is 4.99 Å². The Labute approximate surface area is 95.5 Å². The summed E-state index contributed by atoms with van der Waals surface area (Å²) in [4.78, 5) is 4.68. The van der Waals surface area contributed by atoms with Crippen molar-refractivity contribution >= 4 is 11.4 Å². The molecule has 78 valence electrons. The van der Waals surface area contributed by atoms with Gasteiger partial charge in [-0.1, -0.05) is 48.0 Å². The molecule has 1 heterocycles. The third-order valence-electron chi connectivity index (χ3n) is 2.96. The molecular formula is C15H13N. The van der Waals surface area contributed by atoms with Gasteiger partial charge in [0.2, 0.25) is 0 Å². The van der Waals surface area contributed by atoms with E-state index < -0.39 is 0 Å². The topological polar surface area (TPSA) is 12.4 Å². The Hall–Kier alpha value is -1.89. The smallest absolute Gasteiger partial charge is 0.0669 e. The van der Waals surface area contributed by atoms with Gasteiger partial charge < -0.3 is 0 Å². The molecule has 0 saturated carbocycles. The van der Waals surface area contributed by atoms with E-state index in [1.807, 2.05) is 6.07 Å². The largest absolute Gasteiger partial charge is 0.252 e. The molecule has 0 atom stereocenters.